The highest BCUT2D eigenvalue weighted by molar-refractivity contribution is 9.10. The van der Waals surface area contributed by atoms with Crippen LogP contribution in [0, 0.1) is 6.92 Å². The predicted octanol–water partition coefficient (Wildman–Crippen LogP) is 2.83. The summed E-state index contributed by atoms with van der Waals surface area (Å²) in [5.41, 5.74) is 6.72. The summed E-state index contributed by atoms with van der Waals surface area (Å²) in [6.45, 7) is 1.90. The van der Waals surface area contributed by atoms with Crippen molar-refractivity contribution in [3.05, 3.63) is 69.7 Å². The number of halogens is 1. The van der Waals surface area contributed by atoms with Gasteiger partial charge in [-0.15, -0.1) is 0 Å². The van der Waals surface area contributed by atoms with E-state index in [0.717, 1.165) is 10.0 Å². The topological polar surface area (TPSA) is 58.2 Å². The Morgan fingerprint density at radius 1 is 0.900 bits per heavy atom. The minimum Gasteiger partial charge on any atom is -0.267 e. The van der Waals surface area contributed by atoms with Crippen LogP contribution in [0.1, 0.15) is 26.3 Å². The highest BCUT2D eigenvalue weighted by atomic mass is 79.9. The predicted molar refractivity (Wildman–Crippen MR) is 80.3 cm³/mol. The lowest BCUT2D eigenvalue weighted by atomic mass is 10.1. The molecule has 4 nitrogen and oxygen atoms in total. The third kappa shape index (κ3) is 3.68. The Morgan fingerprint density at radius 2 is 1.45 bits per heavy atom. The summed E-state index contributed by atoms with van der Waals surface area (Å²) in [5, 5.41) is 0. The normalized spacial score (nSPS) is 9.90. The van der Waals surface area contributed by atoms with Gasteiger partial charge in [-0.1, -0.05) is 39.7 Å². The number of hydrogen-bond acceptors (Lipinski definition) is 2. The average molecular weight is 333 g/mol. The largest absolute Gasteiger partial charge is 0.269 e. The molecule has 2 aromatic carbocycles. The summed E-state index contributed by atoms with van der Waals surface area (Å²) in [6.07, 6.45) is 0. The second-order valence-corrected chi connectivity index (χ2v) is 5.20. The maximum atomic E-state index is 11.9. The number of nitrogens with one attached hydrogen (secondary N) is 2. The lowest BCUT2D eigenvalue weighted by molar-refractivity contribution is 0.0846. The second-order valence-electron chi connectivity index (χ2n) is 4.29. The van der Waals surface area contributed by atoms with Crippen LogP contribution in [0.4, 0.5) is 0 Å². The Bertz CT molecular complexity index is 598. The molecular weight excluding hydrogens is 320 g/mol. The molecule has 0 radical (unpaired) electrons. The number of hydrazine groups is 1. The van der Waals surface area contributed by atoms with Crippen LogP contribution in [0.3, 0.4) is 0 Å². The first-order valence-corrected chi connectivity index (χ1v) is 6.78. The maximum absolute atomic E-state index is 11.9. The van der Waals surface area contributed by atoms with Gasteiger partial charge in [0.15, 0.2) is 0 Å². The minimum absolute atomic E-state index is 0.350. The van der Waals surface area contributed by atoms with Crippen molar-refractivity contribution in [2.24, 2.45) is 0 Å². The zero-order valence-electron chi connectivity index (χ0n) is 10.8. The summed E-state index contributed by atoms with van der Waals surface area (Å²) in [5.74, 6) is -0.718. The van der Waals surface area contributed by atoms with Crippen LogP contribution >= 0.6 is 15.9 Å². The minimum atomic E-state index is -0.368. The highest BCUT2D eigenvalue weighted by Gasteiger charge is 2.09. The van der Waals surface area contributed by atoms with Crippen LogP contribution in [-0.4, -0.2) is 11.8 Å². The fraction of sp³-hybridized carbons (Fsp3) is 0.0667. The number of aryl methyl sites for hydroxylation is 1. The van der Waals surface area contributed by atoms with E-state index in [9.17, 15) is 9.59 Å². The van der Waals surface area contributed by atoms with Gasteiger partial charge < -0.3 is 0 Å². The molecule has 0 bridgehead atoms. The molecule has 0 heterocycles. The number of rotatable bonds is 2. The average Bonchev–Trinajstić information content (AvgIpc) is 2.44. The molecule has 0 aromatic heterocycles. The van der Waals surface area contributed by atoms with Crippen molar-refractivity contribution < 1.29 is 9.59 Å². The van der Waals surface area contributed by atoms with Crippen molar-refractivity contribution >= 4 is 27.7 Å². The van der Waals surface area contributed by atoms with Crippen molar-refractivity contribution in [3.63, 3.8) is 0 Å². The Balaban J connectivity index is 1.98. The van der Waals surface area contributed by atoms with E-state index in [-0.39, 0.29) is 11.8 Å². The van der Waals surface area contributed by atoms with Gasteiger partial charge in [0.1, 0.15) is 0 Å². The van der Waals surface area contributed by atoms with Crippen LogP contribution < -0.4 is 10.9 Å². The molecule has 0 saturated heterocycles. The van der Waals surface area contributed by atoms with Crippen LogP contribution in [0.15, 0.2) is 53.0 Å². The number of carbonyl (C=O) groups excluding carboxylic acids is 2. The Morgan fingerprint density at radius 3 is 2.00 bits per heavy atom. The molecule has 0 unspecified atom stereocenters. The van der Waals surface area contributed by atoms with E-state index in [1.54, 1.807) is 36.4 Å². The molecular formula is C15H13BrN2O2. The van der Waals surface area contributed by atoms with E-state index < -0.39 is 0 Å². The number of amides is 2. The van der Waals surface area contributed by atoms with Gasteiger partial charge in [-0.25, -0.2) is 0 Å². The second kappa shape index (κ2) is 6.34. The van der Waals surface area contributed by atoms with E-state index in [1.807, 2.05) is 19.1 Å². The number of hydrogen-bond donors (Lipinski definition) is 2. The zero-order valence-corrected chi connectivity index (χ0v) is 12.4. The van der Waals surface area contributed by atoms with Crippen molar-refractivity contribution in [2.45, 2.75) is 6.92 Å². The SMILES string of the molecule is Cc1cccc(C(=O)NNC(=O)c2cccc(Br)c2)c1. The first-order valence-electron chi connectivity index (χ1n) is 5.99. The summed E-state index contributed by atoms with van der Waals surface area (Å²) >= 11 is 3.29. The molecule has 0 aliphatic rings. The number of carbonyl (C=O) groups is 2. The van der Waals surface area contributed by atoms with Gasteiger partial charge in [-0.05, 0) is 37.3 Å². The molecule has 102 valence electrons. The highest BCUT2D eigenvalue weighted by Crippen LogP contribution is 2.11. The summed E-state index contributed by atoms with van der Waals surface area (Å²) in [7, 11) is 0. The van der Waals surface area contributed by atoms with Gasteiger partial charge in [0.25, 0.3) is 11.8 Å². The lowest BCUT2D eigenvalue weighted by Crippen LogP contribution is -2.41. The smallest absolute Gasteiger partial charge is 0.267 e. The molecule has 0 aliphatic heterocycles. The van der Waals surface area contributed by atoms with E-state index in [1.165, 1.54) is 0 Å². The first kappa shape index (κ1) is 14.3. The number of benzene rings is 2. The van der Waals surface area contributed by atoms with Gasteiger partial charge in [-0.2, -0.15) is 0 Å². The molecule has 5 heteroatoms. The molecule has 0 fully saturated rings. The van der Waals surface area contributed by atoms with E-state index in [4.69, 9.17) is 0 Å². The van der Waals surface area contributed by atoms with Crippen LogP contribution in [-0.2, 0) is 0 Å². The third-order valence-corrected chi connectivity index (χ3v) is 3.15. The molecule has 20 heavy (non-hydrogen) atoms. The van der Waals surface area contributed by atoms with Gasteiger partial charge in [0.05, 0.1) is 0 Å². The van der Waals surface area contributed by atoms with Crippen LogP contribution in [0.5, 0.6) is 0 Å². The summed E-state index contributed by atoms with van der Waals surface area (Å²) in [6, 6.07) is 14.0. The quantitative estimate of drug-likeness (QED) is 0.831. The standard InChI is InChI=1S/C15H13BrN2O2/c1-10-4-2-5-11(8-10)14(19)17-18-15(20)12-6-3-7-13(16)9-12/h2-9H,1H3,(H,17,19)(H,18,20). The fourth-order valence-corrected chi connectivity index (χ4v) is 2.07. The molecule has 2 rings (SSSR count). The van der Waals surface area contributed by atoms with Crippen LogP contribution in [0.2, 0.25) is 0 Å². The molecule has 2 aromatic rings. The molecule has 2 amide bonds. The van der Waals surface area contributed by atoms with Crippen molar-refractivity contribution in [1.82, 2.24) is 10.9 Å². The molecule has 0 saturated carbocycles. The van der Waals surface area contributed by atoms with Crippen molar-refractivity contribution in [3.8, 4) is 0 Å². The summed E-state index contributed by atoms with van der Waals surface area (Å²) in [4.78, 5) is 23.7. The Labute approximate surface area is 125 Å². The van der Waals surface area contributed by atoms with E-state index >= 15 is 0 Å². The van der Waals surface area contributed by atoms with Gasteiger partial charge in [0.2, 0.25) is 0 Å². The van der Waals surface area contributed by atoms with E-state index in [2.05, 4.69) is 26.8 Å². The van der Waals surface area contributed by atoms with Crippen LogP contribution in [0.25, 0.3) is 0 Å². The van der Waals surface area contributed by atoms with Crippen molar-refractivity contribution in [2.75, 3.05) is 0 Å². The fourth-order valence-electron chi connectivity index (χ4n) is 1.67. The van der Waals surface area contributed by atoms with Gasteiger partial charge >= 0.3 is 0 Å². The van der Waals surface area contributed by atoms with Crippen molar-refractivity contribution in [1.29, 1.82) is 0 Å². The summed E-state index contributed by atoms with van der Waals surface area (Å²) < 4.78 is 0.801. The van der Waals surface area contributed by atoms with Gasteiger partial charge in [0, 0.05) is 15.6 Å². The molecule has 2 N–H and O–H groups in total. The van der Waals surface area contributed by atoms with E-state index in [0.29, 0.717) is 11.1 Å². The maximum Gasteiger partial charge on any atom is 0.269 e. The lowest BCUT2D eigenvalue weighted by Gasteiger charge is -2.08. The zero-order chi connectivity index (χ0) is 14.5. The first-order chi connectivity index (χ1) is 9.56. The molecule has 0 aliphatic carbocycles. The Kier molecular flexibility index (Phi) is 4.53. The Hall–Kier alpha value is -2.14. The molecule has 0 atom stereocenters. The molecule has 0 spiro atoms. The third-order valence-electron chi connectivity index (χ3n) is 2.66. The van der Waals surface area contributed by atoms with Gasteiger partial charge in [-0.3, -0.25) is 20.4 Å². The monoisotopic (exact) mass is 332 g/mol.